The zero-order valence-electron chi connectivity index (χ0n) is 15.6. The number of benzene rings is 1. The molecule has 1 aliphatic rings. The van der Waals surface area contributed by atoms with Gasteiger partial charge in [-0.25, -0.2) is 9.37 Å². The summed E-state index contributed by atoms with van der Waals surface area (Å²) in [7, 11) is 0. The third-order valence-corrected chi connectivity index (χ3v) is 6.10. The second-order valence-corrected chi connectivity index (χ2v) is 7.95. The molecule has 0 N–H and O–H groups in total. The van der Waals surface area contributed by atoms with Gasteiger partial charge in [-0.3, -0.25) is 9.78 Å². The maximum absolute atomic E-state index is 13.1. The molecule has 0 radical (unpaired) electrons. The lowest BCUT2D eigenvalue weighted by atomic mass is 10.0. The Hall–Kier alpha value is -2.60. The van der Waals surface area contributed by atoms with Crippen LogP contribution in [0.5, 0.6) is 0 Å². The van der Waals surface area contributed by atoms with Crippen molar-refractivity contribution in [2.24, 2.45) is 0 Å². The second kappa shape index (κ2) is 8.61. The Morgan fingerprint density at radius 1 is 1.18 bits per heavy atom. The number of carbonyl (C=O) groups excluding carboxylic acids is 1. The molecule has 1 fully saturated rings. The molecule has 0 saturated carbocycles. The van der Waals surface area contributed by atoms with Gasteiger partial charge >= 0.3 is 0 Å². The van der Waals surface area contributed by atoms with E-state index in [0.29, 0.717) is 12.8 Å². The molecule has 1 aliphatic heterocycles. The van der Waals surface area contributed by atoms with E-state index in [0.717, 1.165) is 47.6 Å². The highest BCUT2D eigenvalue weighted by Crippen LogP contribution is 2.25. The van der Waals surface area contributed by atoms with Crippen LogP contribution in [0, 0.1) is 5.82 Å². The van der Waals surface area contributed by atoms with Gasteiger partial charge in [0, 0.05) is 42.3 Å². The smallest absolute Gasteiger partial charge is 0.223 e. The van der Waals surface area contributed by atoms with Crippen LogP contribution in [-0.2, 0) is 17.6 Å². The number of hydrogen-bond donors (Lipinski definition) is 0. The summed E-state index contributed by atoms with van der Waals surface area (Å²) in [5.74, 6) is -0.0411. The van der Waals surface area contributed by atoms with Crippen LogP contribution in [-0.4, -0.2) is 33.4 Å². The highest BCUT2D eigenvalue weighted by Gasteiger charge is 2.28. The molecule has 0 spiro atoms. The van der Waals surface area contributed by atoms with Crippen molar-refractivity contribution >= 4 is 17.2 Å². The highest BCUT2D eigenvalue weighted by molar-refractivity contribution is 7.13. The van der Waals surface area contributed by atoms with E-state index in [9.17, 15) is 9.18 Å². The van der Waals surface area contributed by atoms with Gasteiger partial charge in [0.1, 0.15) is 10.8 Å². The van der Waals surface area contributed by atoms with Crippen LogP contribution in [0.3, 0.4) is 0 Å². The number of pyridine rings is 1. The van der Waals surface area contributed by atoms with E-state index >= 15 is 0 Å². The van der Waals surface area contributed by atoms with E-state index in [-0.39, 0.29) is 17.8 Å². The van der Waals surface area contributed by atoms with Crippen molar-refractivity contribution in [2.75, 3.05) is 6.54 Å². The molecule has 0 bridgehead atoms. The minimum absolute atomic E-state index is 0.183. The maximum atomic E-state index is 13.1. The van der Waals surface area contributed by atoms with Crippen LogP contribution >= 0.6 is 11.3 Å². The van der Waals surface area contributed by atoms with Gasteiger partial charge in [-0.2, -0.15) is 0 Å². The lowest BCUT2D eigenvalue weighted by molar-refractivity contribution is -0.131. The normalized spacial score (nSPS) is 16.5. The summed E-state index contributed by atoms with van der Waals surface area (Å²) in [6, 6.07) is 10.7. The molecule has 1 amide bonds. The summed E-state index contributed by atoms with van der Waals surface area (Å²) < 4.78 is 13.1. The van der Waals surface area contributed by atoms with E-state index in [2.05, 4.69) is 9.97 Å². The van der Waals surface area contributed by atoms with E-state index in [4.69, 9.17) is 0 Å². The van der Waals surface area contributed by atoms with Crippen molar-refractivity contribution in [1.82, 2.24) is 14.9 Å². The van der Waals surface area contributed by atoms with Crippen molar-refractivity contribution in [3.8, 4) is 10.6 Å². The van der Waals surface area contributed by atoms with Gasteiger partial charge in [0.25, 0.3) is 0 Å². The largest absolute Gasteiger partial charge is 0.339 e. The summed E-state index contributed by atoms with van der Waals surface area (Å²) in [5, 5.41) is 2.99. The van der Waals surface area contributed by atoms with Gasteiger partial charge in [-0.1, -0.05) is 12.1 Å². The Bertz CT molecular complexity index is 926. The third-order valence-electron chi connectivity index (χ3n) is 5.16. The van der Waals surface area contributed by atoms with E-state index in [1.165, 1.54) is 12.1 Å². The molecular weight excluding hydrogens is 373 g/mol. The Labute approximate surface area is 168 Å². The molecule has 4 rings (SSSR count). The fourth-order valence-electron chi connectivity index (χ4n) is 3.70. The van der Waals surface area contributed by atoms with Gasteiger partial charge in [0.05, 0.1) is 5.69 Å². The first-order chi connectivity index (χ1) is 13.7. The van der Waals surface area contributed by atoms with Crippen LogP contribution in [0.4, 0.5) is 4.39 Å². The molecular formula is C22H22FN3OS. The summed E-state index contributed by atoms with van der Waals surface area (Å²) in [5.41, 5.74) is 3.09. The van der Waals surface area contributed by atoms with Crippen LogP contribution in [0.25, 0.3) is 10.6 Å². The average molecular weight is 396 g/mol. The fourth-order valence-corrected chi connectivity index (χ4v) is 4.56. The molecule has 0 aliphatic carbocycles. The van der Waals surface area contributed by atoms with Crippen molar-refractivity contribution in [3.05, 3.63) is 71.2 Å². The number of rotatable bonds is 6. The number of nitrogens with zero attached hydrogens (tertiary/aromatic N) is 3. The molecule has 144 valence electrons. The minimum Gasteiger partial charge on any atom is -0.339 e. The van der Waals surface area contributed by atoms with Gasteiger partial charge in [0.15, 0.2) is 0 Å². The average Bonchev–Trinajstić information content (AvgIpc) is 3.38. The number of carbonyl (C=O) groups is 1. The number of amides is 1. The number of hydrogen-bond acceptors (Lipinski definition) is 4. The topological polar surface area (TPSA) is 46.1 Å². The Balaban J connectivity index is 1.34. The Morgan fingerprint density at radius 3 is 2.75 bits per heavy atom. The van der Waals surface area contributed by atoms with Crippen LogP contribution in [0.15, 0.2) is 54.2 Å². The minimum atomic E-state index is -0.225. The summed E-state index contributed by atoms with van der Waals surface area (Å²) in [4.78, 5) is 23.5. The third kappa shape index (κ3) is 4.44. The molecule has 1 saturated heterocycles. The van der Waals surface area contributed by atoms with Crippen LogP contribution < -0.4 is 0 Å². The molecule has 1 aromatic carbocycles. The van der Waals surface area contributed by atoms with Crippen molar-refractivity contribution in [1.29, 1.82) is 0 Å². The molecule has 4 nitrogen and oxygen atoms in total. The van der Waals surface area contributed by atoms with Crippen molar-refractivity contribution < 1.29 is 9.18 Å². The first-order valence-electron chi connectivity index (χ1n) is 9.58. The lowest BCUT2D eigenvalue weighted by Gasteiger charge is -2.25. The molecule has 3 heterocycles. The van der Waals surface area contributed by atoms with Gasteiger partial charge < -0.3 is 4.90 Å². The molecule has 3 aromatic rings. The van der Waals surface area contributed by atoms with Crippen LogP contribution in [0.1, 0.15) is 30.5 Å². The first kappa shape index (κ1) is 18.7. The first-order valence-corrected chi connectivity index (χ1v) is 10.5. The molecule has 1 unspecified atom stereocenters. The van der Waals surface area contributed by atoms with Crippen LogP contribution in [0.2, 0.25) is 0 Å². The van der Waals surface area contributed by atoms with E-state index in [1.54, 1.807) is 23.7 Å². The predicted octanol–water partition coefficient (Wildman–Crippen LogP) is 4.51. The number of halogens is 1. The lowest BCUT2D eigenvalue weighted by Crippen LogP contribution is -2.36. The zero-order chi connectivity index (χ0) is 19.3. The van der Waals surface area contributed by atoms with E-state index < -0.39 is 0 Å². The van der Waals surface area contributed by atoms with Crippen molar-refractivity contribution in [2.45, 2.75) is 38.1 Å². The molecule has 28 heavy (non-hydrogen) atoms. The SMILES string of the molecule is O=C(CCc1csc(-c2ccncc2)n1)N1CCCC1Cc1ccc(F)cc1. The van der Waals surface area contributed by atoms with Gasteiger partial charge in [0.2, 0.25) is 5.91 Å². The standard InChI is InChI=1S/C22H22FN3OS/c23-18-5-3-16(4-6-18)14-20-2-1-13-26(20)21(27)8-7-19-15-28-22(25-19)17-9-11-24-12-10-17/h3-6,9-12,15,20H,1-2,7-8,13-14H2. The van der Waals surface area contributed by atoms with E-state index in [1.807, 2.05) is 34.5 Å². The predicted molar refractivity (Wildman–Crippen MR) is 109 cm³/mol. The van der Waals surface area contributed by atoms with Crippen molar-refractivity contribution in [3.63, 3.8) is 0 Å². The Morgan fingerprint density at radius 2 is 1.96 bits per heavy atom. The number of thiazole rings is 1. The quantitative estimate of drug-likeness (QED) is 0.617. The second-order valence-electron chi connectivity index (χ2n) is 7.09. The molecule has 2 aromatic heterocycles. The molecule has 6 heteroatoms. The number of likely N-dealkylation sites (tertiary alicyclic amines) is 1. The number of aromatic nitrogens is 2. The summed E-state index contributed by atoms with van der Waals surface area (Å²) >= 11 is 1.60. The summed E-state index contributed by atoms with van der Waals surface area (Å²) in [6.45, 7) is 0.810. The Kier molecular flexibility index (Phi) is 5.76. The number of aryl methyl sites for hydroxylation is 1. The monoisotopic (exact) mass is 395 g/mol. The fraction of sp³-hybridized carbons (Fsp3) is 0.318. The maximum Gasteiger partial charge on any atom is 0.223 e. The highest BCUT2D eigenvalue weighted by atomic mass is 32.1. The van der Waals surface area contributed by atoms with Gasteiger partial charge in [-0.15, -0.1) is 11.3 Å². The zero-order valence-corrected chi connectivity index (χ0v) is 16.4. The van der Waals surface area contributed by atoms with Gasteiger partial charge in [-0.05, 0) is 55.5 Å². The molecule has 1 atom stereocenters. The summed E-state index contributed by atoms with van der Waals surface area (Å²) in [6.07, 6.45) is 7.46.